The molecule has 1 unspecified atom stereocenters. The first-order valence-corrected chi connectivity index (χ1v) is 6.47. The number of pyridine rings is 1. The van der Waals surface area contributed by atoms with Crippen molar-refractivity contribution >= 4 is 10.9 Å². The number of ether oxygens (including phenoxy) is 1. The number of nitrogens with one attached hydrogen (secondary N) is 1. The fourth-order valence-corrected chi connectivity index (χ4v) is 1.94. The van der Waals surface area contributed by atoms with Crippen molar-refractivity contribution < 1.29 is 9.84 Å². The van der Waals surface area contributed by atoms with Crippen molar-refractivity contribution in [1.82, 2.24) is 10.3 Å². The number of hydrogen-bond donors (Lipinski definition) is 2. The summed E-state index contributed by atoms with van der Waals surface area (Å²) in [7, 11) is 1.62. The number of hydrogen-bond acceptors (Lipinski definition) is 4. The van der Waals surface area contributed by atoms with Crippen LogP contribution >= 0.6 is 0 Å². The second-order valence-corrected chi connectivity index (χ2v) is 4.85. The number of nitrogens with zero attached hydrogens (tertiary/aromatic N) is 1. The smallest absolute Gasteiger partial charge is 0.145 e. The summed E-state index contributed by atoms with van der Waals surface area (Å²) in [5.74, 6) is 0.725. The van der Waals surface area contributed by atoms with E-state index < -0.39 is 6.10 Å². The molecule has 0 fully saturated rings. The molecule has 0 aliphatic carbocycles. The molecular weight excluding hydrogens is 240 g/mol. The standard InChI is InChI=1S/C15H20N2O2/c1-10(2)16-9-13(18)12-8-7-11-5-4-6-14(19-3)15(11)17-12/h4-8,10,13,16,18H,9H2,1-3H3. The number of aliphatic hydroxyl groups is 1. The van der Waals surface area contributed by atoms with Gasteiger partial charge in [0.05, 0.1) is 12.8 Å². The number of fused-ring (bicyclic) bond motifs is 1. The molecule has 2 N–H and O–H groups in total. The van der Waals surface area contributed by atoms with E-state index in [0.717, 1.165) is 16.7 Å². The molecule has 1 aromatic heterocycles. The minimum Gasteiger partial charge on any atom is -0.494 e. The van der Waals surface area contributed by atoms with Crippen LogP contribution in [0.2, 0.25) is 0 Å². The van der Waals surface area contributed by atoms with Gasteiger partial charge in [-0.05, 0) is 12.1 Å². The normalized spacial score (nSPS) is 12.9. The molecule has 0 saturated carbocycles. The highest BCUT2D eigenvalue weighted by atomic mass is 16.5. The molecule has 0 radical (unpaired) electrons. The lowest BCUT2D eigenvalue weighted by atomic mass is 10.1. The summed E-state index contributed by atoms with van der Waals surface area (Å²) in [6.45, 7) is 4.58. The molecule has 2 aromatic rings. The average Bonchev–Trinajstić information content (AvgIpc) is 2.43. The van der Waals surface area contributed by atoms with Gasteiger partial charge in [0, 0.05) is 18.0 Å². The number of aromatic nitrogens is 1. The highest BCUT2D eigenvalue weighted by Gasteiger charge is 2.11. The van der Waals surface area contributed by atoms with Gasteiger partial charge in [0.1, 0.15) is 17.4 Å². The van der Waals surface area contributed by atoms with Crippen molar-refractivity contribution in [2.24, 2.45) is 0 Å². The SMILES string of the molecule is COc1cccc2ccc(C(O)CNC(C)C)nc12. The van der Waals surface area contributed by atoms with Crippen LogP contribution in [0.1, 0.15) is 25.6 Å². The summed E-state index contributed by atoms with van der Waals surface area (Å²) in [5, 5.41) is 14.3. The maximum atomic E-state index is 10.1. The molecule has 0 spiro atoms. The van der Waals surface area contributed by atoms with Gasteiger partial charge in [-0.2, -0.15) is 0 Å². The maximum Gasteiger partial charge on any atom is 0.145 e. The molecule has 0 aliphatic heterocycles. The van der Waals surface area contributed by atoms with Gasteiger partial charge in [0.15, 0.2) is 0 Å². The van der Waals surface area contributed by atoms with E-state index in [4.69, 9.17) is 4.74 Å². The number of aliphatic hydroxyl groups excluding tert-OH is 1. The third-order valence-corrected chi connectivity index (χ3v) is 2.99. The van der Waals surface area contributed by atoms with E-state index in [1.807, 2.05) is 44.2 Å². The van der Waals surface area contributed by atoms with E-state index in [1.54, 1.807) is 7.11 Å². The van der Waals surface area contributed by atoms with Crippen molar-refractivity contribution in [1.29, 1.82) is 0 Å². The Morgan fingerprint density at radius 2 is 2.05 bits per heavy atom. The molecule has 4 heteroatoms. The number of rotatable bonds is 5. The van der Waals surface area contributed by atoms with Crippen LogP contribution in [0.4, 0.5) is 0 Å². The molecular formula is C15H20N2O2. The van der Waals surface area contributed by atoms with Crippen LogP contribution in [0.15, 0.2) is 30.3 Å². The lowest BCUT2D eigenvalue weighted by Gasteiger charge is -2.14. The fraction of sp³-hybridized carbons (Fsp3) is 0.400. The van der Waals surface area contributed by atoms with Gasteiger partial charge in [-0.15, -0.1) is 0 Å². The molecule has 1 atom stereocenters. The summed E-state index contributed by atoms with van der Waals surface area (Å²) in [5.41, 5.74) is 1.44. The van der Waals surface area contributed by atoms with Crippen LogP contribution in [0, 0.1) is 0 Å². The second-order valence-electron chi connectivity index (χ2n) is 4.85. The van der Waals surface area contributed by atoms with E-state index in [2.05, 4.69) is 10.3 Å². The lowest BCUT2D eigenvalue weighted by molar-refractivity contribution is 0.167. The van der Waals surface area contributed by atoms with Crippen LogP contribution in [-0.4, -0.2) is 29.8 Å². The van der Waals surface area contributed by atoms with Crippen LogP contribution in [0.5, 0.6) is 5.75 Å². The topological polar surface area (TPSA) is 54.4 Å². The van der Waals surface area contributed by atoms with Crippen molar-refractivity contribution in [3.05, 3.63) is 36.0 Å². The first-order valence-electron chi connectivity index (χ1n) is 6.47. The molecule has 19 heavy (non-hydrogen) atoms. The van der Waals surface area contributed by atoms with E-state index >= 15 is 0 Å². The van der Waals surface area contributed by atoms with Gasteiger partial charge < -0.3 is 15.2 Å². The third kappa shape index (κ3) is 3.22. The summed E-state index contributed by atoms with van der Waals surface area (Å²) >= 11 is 0. The van der Waals surface area contributed by atoms with Gasteiger partial charge in [-0.1, -0.05) is 32.0 Å². The molecule has 0 aliphatic rings. The Morgan fingerprint density at radius 1 is 1.26 bits per heavy atom. The van der Waals surface area contributed by atoms with E-state index in [1.165, 1.54) is 0 Å². The Morgan fingerprint density at radius 3 is 2.74 bits per heavy atom. The first kappa shape index (κ1) is 13.8. The molecule has 0 saturated heterocycles. The zero-order valence-electron chi connectivity index (χ0n) is 11.6. The van der Waals surface area contributed by atoms with Gasteiger partial charge in [-0.3, -0.25) is 0 Å². The predicted octanol–water partition coefficient (Wildman–Crippen LogP) is 2.27. The Bertz CT molecular complexity index is 555. The maximum absolute atomic E-state index is 10.1. The zero-order chi connectivity index (χ0) is 13.8. The summed E-state index contributed by atoms with van der Waals surface area (Å²) in [6, 6.07) is 9.93. The fourth-order valence-electron chi connectivity index (χ4n) is 1.94. The molecule has 1 aromatic carbocycles. The Balaban J connectivity index is 2.29. The highest BCUT2D eigenvalue weighted by molar-refractivity contribution is 5.84. The van der Waals surface area contributed by atoms with Gasteiger partial charge in [0.25, 0.3) is 0 Å². The minimum absolute atomic E-state index is 0.338. The van der Waals surface area contributed by atoms with Gasteiger partial charge in [0.2, 0.25) is 0 Å². The Hall–Kier alpha value is -1.65. The Kier molecular flexibility index (Phi) is 4.35. The molecule has 2 rings (SSSR count). The molecule has 0 amide bonds. The van der Waals surface area contributed by atoms with Gasteiger partial charge in [-0.25, -0.2) is 4.98 Å². The van der Waals surface area contributed by atoms with E-state index in [9.17, 15) is 5.11 Å². The summed E-state index contributed by atoms with van der Waals surface area (Å²) in [6.07, 6.45) is -0.614. The molecule has 0 bridgehead atoms. The lowest BCUT2D eigenvalue weighted by Crippen LogP contribution is -2.28. The third-order valence-electron chi connectivity index (χ3n) is 2.99. The molecule has 4 nitrogen and oxygen atoms in total. The predicted molar refractivity (Wildman–Crippen MR) is 76.4 cm³/mol. The van der Waals surface area contributed by atoms with Crippen molar-refractivity contribution in [3.63, 3.8) is 0 Å². The first-order chi connectivity index (χ1) is 9.11. The zero-order valence-corrected chi connectivity index (χ0v) is 11.6. The molecule has 1 heterocycles. The number of benzene rings is 1. The monoisotopic (exact) mass is 260 g/mol. The van der Waals surface area contributed by atoms with Crippen LogP contribution in [0.25, 0.3) is 10.9 Å². The van der Waals surface area contributed by atoms with Crippen LogP contribution in [0.3, 0.4) is 0 Å². The van der Waals surface area contributed by atoms with Crippen molar-refractivity contribution in [2.45, 2.75) is 26.0 Å². The van der Waals surface area contributed by atoms with Crippen molar-refractivity contribution in [3.8, 4) is 5.75 Å². The number of para-hydroxylation sites is 1. The van der Waals surface area contributed by atoms with E-state index in [-0.39, 0.29) is 0 Å². The summed E-state index contributed by atoms with van der Waals surface area (Å²) < 4.78 is 5.30. The van der Waals surface area contributed by atoms with Crippen LogP contribution < -0.4 is 10.1 Å². The summed E-state index contributed by atoms with van der Waals surface area (Å²) in [4.78, 5) is 4.51. The largest absolute Gasteiger partial charge is 0.494 e. The Labute approximate surface area is 113 Å². The quantitative estimate of drug-likeness (QED) is 0.866. The highest BCUT2D eigenvalue weighted by Crippen LogP contribution is 2.25. The van der Waals surface area contributed by atoms with E-state index in [0.29, 0.717) is 18.3 Å². The number of methoxy groups -OCH3 is 1. The second kappa shape index (κ2) is 5.99. The average molecular weight is 260 g/mol. The van der Waals surface area contributed by atoms with Crippen molar-refractivity contribution in [2.75, 3.05) is 13.7 Å². The van der Waals surface area contributed by atoms with Gasteiger partial charge >= 0.3 is 0 Å². The minimum atomic E-state index is -0.614. The molecule has 102 valence electrons. The van der Waals surface area contributed by atoms with Crippen LogP contribution in [-0.2, 0) is 0 Å².